The van der Waals surface area contributed by atoms with Gasteiger partial charge in [0.05, 0.1) is 12.4 Å². The van der Waals surface area contributed by atoms with Crippen molar-refractivity contribution in [2.75, 3.05) is 25.1 Å². The first-order chi connectivity index (χ1) is 8.38. The predicted octanol–water partition coefficient (Wildman–Crippen LogP) is 0.968. The van der Waals surface area contributed by atoms with Crippen molar-refractivity contribution < 1.29 is 4.74 Å². The largest absolute Gasteiger partial charge is 0.381 e. The van der Waals surface area contributed by atoms with Crippen molar-refractivity contribution >= 4 is 17.0 Å². The van der Waals surface area contributed by atoms with Crippen LogP contribution in [0.15, 0.2) is 12.7 Å². The van der Waals surface area contributed by atoms with Crippen molar-refractivity contribution in [1.29, 1.82) is 0 Å². The summed E-state index contributed by atoms with van der Waals surface area (Å²) in [6.07, 6.45) is 5.68. The number of aromatic amines is 1. The summed E-state index contributed by atoms with van der Waals surface area (Å²) in [4.78, 5) is 18.0. The minimum atomic E-state index is 0.380. The van der Waals surface area contributed by atoms with Crippen molar-refractivity contribution in [1.82, 2.24) is 19.9 Å². The first-order valence-corrected chi connectivity index (χ1v) is 5.80. The topological polar surface area (TPSA) is 66.9 Å². The van der Waals surface area contributed by atoms with Gasteiger partial charge in [-0.15, -0.1) is 0 Å². The Bertz CT molecular complexity index is 503. The molecule has 0 radical (unpaired) electrons. The molecule has 6 nitrogen and oxygen atoms in total. The molecule has 3 rings (SSSR count). The number of nitrogens with one attached hydrogen (secondary N) is 1. The number of aromatic nitrogens is 4. The molecule has 0 atom stereocenters. The first kappa shape index (κ1) is 10.5. The highest BCUT2D eigenvalue weighted by atomic mass is 16.5. The molecule has 1 aliphatic heterocycles. The third kappa shape index (κ3) is 1.84. The molecule has 0 spiro atoms. The van der Waals surface area contributed by atoms with Gasteiger partial charge in [0.25, 0.3) is 0 Å². The summed E-state index contributed by atoms with van der Waals surface area (Å²) in [5.74, 6) is 0.946. The van der Waals surface area contributed by atoms with E-state index in [9.17, 15) is 0 Å². The van der Waals surface area contributed by atoms with Crippen molar-refractivity contribution in [3.8, 4) is 0 Å². The molecular formula is C11H15N5O. The molecule has 0 aliphatic carbocycles. The zero-order chi connectivity index (χ0) is 11.7. The average molecular weight is 233 g/mol. The first-order valence-electron chi connectivity index (χ1n) is 5.80. The highest BCUT2D eigenvalue weighted by Crippen LogP contribution is 2.23. The van der Waals surface area contributed by atoms with E-state index in [1.807, 2.05) is 0 Å². The number of fused-ring (bicyclic) bond motifs is 1. The van der Waals surface area contributed by atoms with E-state index in [1.54, 1.807) is 19.8 Å². The summed E-state index contributed by atoms with van der Waals surface area (Å²) in [5.41, 5.74) is 1.65. The Morgan fingerprint density at radius 1 is 1.29 bits per heavy atom. The van der Waals surface area contributed by atoms with Crippen molar-refractivity contribution in [3.63, 3.8) is 0 Å². The molecule has 6 heteroatoms. The average Bonchev–Trinajstić information content (AvgIpc) is 2.87. The summed E-state index contributed by atoms with van der Waals surface area (Å²) >= 11 is 0. The lowest BCUT2D eigenvalue weighted by atomic mass is 10.1. The minimum Gasteiger partial charge on any atom is -0.381 e. The molecule has 17 heavy (non-hydrogen) atoms. The third-order valence-electron chi connectivity index (χ3n) is 3.28. The highest BCUT2D eigenvalue weighted by Gasteiger charge is 2.21. The minimum absolute atomic E-state index is 0.380. The lowest BCUT2D eigenvalue weighted by Crippen LogP contribution is -2.37. The summed E-state index contributed by atoms with van der Waals surface area (Å²) < 4.78 is 5.37. The molecule has 1 N–H and O–H groups in total. The molecule has 0 saturated carbocycles. The number of hydrogen-bond acceptors (Lipinski definition) is 5. The SMILES string of the molecule is COC1CCN(c2ncnc3nc[nH]c23)CC1. The number of methoxy groups -OCH3 is 1. The molecule has 0 aromatic carbocycles. The fraction of sp³-hybridized carbons (Fsp3) is 0.545. The quantitative estimate of drug-likeness (QED) is 0.837. The Morgan fingerprint density at radius 3 is 2.88 bits per heavy atom. The fourth-order valence-electron chi connectivity index (χ4n) is 2.30. The number of anilines is 1. The van der Waals surface area contributed by atoms with E-state index in [0.717, 1.165) is 42.9 Å². The normalized spacial score (nSPS) is 17.8. The van der Waals surface area contributed by atoms with E-state index < -0.39 is 0 Å². The second kappa shape index (κ2) is 4.29. The second-order valence-electron chi connectivity index (χ2n) is 4.22. The van der Waals surface area contributed by atoms with Crippen LogP contribution >= 0.6 is 0 Å². The number of ether oxygens (including phenoxy) is 1. The van der Waals surface area contributed by atoms with Crippen LogP contribution in [0.5, 0.6) is 0 Å². The molecule has 0 unspecified atom stereocenters. The predicted molar refractivity (Wildman–Crippen MR) is 63.9 cm³/mol. The Kier molecular flexibility index (Phi) is 2.64. The van der Waals surface area contributed by atoms with Gasteiger partial charge in [-0.25, -0.2) is 15.0 Å². The van der Waals surface area contributed by atoms with Crippen molar-refractivity contribution in [3.05, 3.63) is 12.7 Å². The van der Waals surface area contributed by atoms with Crippen LogP contribution in [0.1, 0.15) is 12.8 Å². The maximum absolute atomic E-state index is 5.37. The standard InChI is InChI=1S/C11H15N5O/c1-17-8-2-4-16(5-3-8)11-9-10(13-6-12-9)14-7-15-11/h6-8H,2-5H2,1H3,(H,12,13,14,15). The molecule has 1 aliphatic rings. The number of piperidine rings is 1. The monoisotopic (exact) mass is 233 g/mol. The van der Waals surface area contributed by atoms with Crippen LogP contribution in [0.4, 0.5) is 5.82 Å². The molecule has 0 bridgehead atoms. The van der Waals surface area contributed by atoms with Crippen LogP contribution in [0.2, 0.25) is 0 Å². The molecule has 2 aromatic heterocycles. The van der Waals surface area contributed by atoms with Crippen LogP contribution < -0.4 is 4.90 Å². The van der Waals surface area contributed by atoms with E-state index in [4.69, 9.17) is 4.74 Å². The van der Waals surface area contributed by atoms with Gasteiger partial charge >= 0.3 is 0 Å². The summed E-state index contributed by atoms with van der Waals surface area (Å²) in [6, 6.07) is 0. The van der Waals surface area contributed by atoms with E-state index in [2.05, 4.69) is 24.8 Å². The zero-order valence-corrected chi connectivity index (χ0v) is 9.76. The Balaban J connectivity index is 1.87. The number of H-pyrrole nitrogens is 1. The molecule has 0 amide bonds. The molecular weight excluding hydrogens is 218 g/mol. The van der Waals surface area contributed by atoms with Crippen LogP contribution in [0.25, 0.3) is 11.2 Å². The summed E-state index contributed by atoms with van der Waals surface area (Å²) in [7, 11) is 1.78. The maximum atomic E-state index is 5.37. The number of hydrogen-bond donors (Lipinski definition) is 1. The fourth-order valence-corrected chi connectivity index (χ4v) is 2.30. The number of imidazole rings is 1. The van der Waals surface area contributed by atoms with Crippen LogP contribution in [-0.4, -0.2) is 46.2 Å². The number of rotatable bonds is 2. The van der Waals surface area contributed by atoms with Gasteiger partial charge in [-0.2, -0.15) is 0 Å². The second-order valence-corrected chi connectivity index (χ2v) is 4.22. The van der Waals surface area contributed by atoms with Gasteiger partial charge < -0.3 is 14.6 Å². The van der Waals surface area contributed by atoms with Gasteiger partial charge in [-0.05, 0) is 12.8 Å². The molecule has 90 valence electrons. The molecule has 1 saturated heterocycles. The van der Waals surface area contributed by atoms with Gasteiger partial charge in [-0.3, -0.25) is 0 Å². The Labute approximate surface area is 99.0 Å². The summed E-state index contributed by atoms with van der Waals surface area (Å²) in [5, 5.41) is 0. The van der Waals surface area contributed by atoms with Crippen LogP contribution in [0.3, 0.4) is 0 Å². The maximum Gasteiger partial charge on any atom is 0.182 e. The van der Waals surface area contributed by atoms with Gasteiger partial charge in [0.1, 0.15) is 11.8 Å². The number of nitrogens with zero attached hydrogens (tertiary/aromatic N) is 4. The van der Waals surface area contributed by atoms with Gasteiger partial charge in [-0.1, -0.05) is 0 Å². The van der Waals surface area contributed by atoms with E-state index in [-0.39, 0.29) is 0 Å². The molecule has 3 heterocycles. The van der Waals surface area contributed by atoms with Crippen LogP contribution in [0, 0.1) is 0 Å². The molecule has 2 aromatic rings. The lowest BCUT2D eigenvalue weighted by Gasteiger charge is -2.31. The highest BCUT2D eigenvalue weighted by molar-refractivity contribution is 5.82. The van der Waals surface area contributed by atoms with E-state index >= 15 is 0 Å². The molecule has 1 fully saturated rings. The van der Waals surface area contributed by atoms with Gasteiger partial charge in [0.2, 0.25) is 0 Å². The van der Waals surface area contributed by atoms with Crippen LogP contribution in [-0.2, 0) is 4.74 Å². The summed E-state index contributed by atoms with van der Waals surface area (Å²) in [6.45, 7) is 1.92. The van der Waals surface area contributed by atoms with Crippen molar-refractivity contribution in [2.24, 2.45) is 0 Å². The lowest BCUT2D eigenvalue weighted by molar-refractivity contribution is 0.0818. The van der Waals surface area contributed by atoms with Gasteiger partial charge in [0.15, 0.2) is 11.5 Å². The zero-order valence-electron chi connectivity index (χ0n) is 9.76. The Hall–Kier alpha value is -1.69. The van der Waals surface area contributed by atoms with E-state index in [1.165, 1.54) is 0 Å². The smallest absolute Gasteiger partial charge is 0.182 e. The van der Waals surface area contributed by atoms with Gasteiger partial charge in [0, 0.05) is 20.2 Å². The third-order valence-corrected chi connectivity index (χ3v) is 3.28. The van der Waals surface area contributed by atoms with Crippen molar-refractivity contribution in [2.45, 2.75) is 18.9 Å². The Morgan fingerprint density at radius 2 is 2.12 bits per heavy atom. The van der Waals surface area contributed by atoms with E-state index in [0.29, 0.717) is 6.10 Å².